The molecule has 0 unspecified atom stereocenters. The number of nitrogens with one attached hydrogen (secondary N) is 1. The molecule has 1 aromatic rings. The molecule has 1 heterocycles. The lowest BCUT2D eigenvalue weighted by Gasteiger charge is -2.15. The van der Waals surface area contributed by atoms with Crippen LogP contribution in [-0.4, -0.2) is 52.3 Å². The molecule has 130 valence electrons. The van der Waals surface area contributed by atoms with Crippen LogP contribution in [0.25, 0.3) is 0 Å². The van der Waals surface area contributed by atoms with E-state index in [0.29, 0.717) is 13.1 Å². The molecule has 1 aromatic carbocycles. The van der Waals surface area contributed by atoms with Crippen LogP contribution in [0.4, 0.5) is 0 Å². The van der Waals surface area contributed by atoms with Crippen LogP contribution in [0, 0.1) is 0 Å². The molecular weight excluding hydrogens is 316 g/mol. The fourth-order valence-electron chi connectivity index (χ4n) is 2.63. The lowest BCUT2D eigenvalue weighted by molar-refractivity contribution is 0.254. The van der Waals surface area contributed by atoms with Gasteiger partial charge in [-0.25, -0.2) is 12.7 Å². The molecule has 23 heavy (non-hydrogen) atoms. The van der Waals surface area contributed by atoms with Crippen LogP contribution in [0.5, 0.6) is 11.5 Å². The maximum Gasteiger partial charge on any atom is 0.210 e. The van der Waals surface area contributed by atoms with Crippen LogP contribution in [0.3, 0.4) is 0 Å². The number of rotatable bonds is 8. The number of fused-ring (bicyclic) bond motifs is 1. The van der Waals surface area contributed by atoms with Crippen molar-refractivity contribution < 1.29 is 17.9 Å². The molecule has 0 aromatic heterocycles. The van der Waals surface area contributed by atoms with Gasteiger partial charge in [0.25, 0.3) is 0 Å². The SMILES string of the molecule is COc1cc2c(cc1CNCCCN(C)S(C)(=O)=O)O[C@H](C)C2. The molecule has 0 bridgehead atoms. The van der Waals surface area contributed by atoms with Gasteiger partial charge in [-0.1, -0.05) is 0 Å². The second-order valence-electron chi connectivity index (χ2n) is 6.02. The summed E-state index contributed by atoms with van der Waals surface area (Å²) < 4.78 is 35.2. The third-order valence-electron chi connectivity index (χ3n) is 4.01. The summed E-state index contributed by atoms with van der Waals surface area (Å²) in [5, 5.41) is 3.33. The van der Waals surface area contributed by atoms with Crippen molar-refractivity contribution >= 4 is 10.0 Å². The molecule has 0 spiro atoms. The largest absolute Gasteiger partial charge is 0.496 e. The van der Waals surface area contributed by atoms with Crippen LogP contribution in [0.1, 0.15) is 24.5 Å². The lowest BCUT2D eigenvalue weighted by atomic mass is 10.1. The second-order valence-corrected chi connectivity index (χ2v) is 8.11. The van der Waals surface area contributed by atoms with E-state index < -0.39 is 10.0 Å². The van der Waals surface area contributed by atoms with E-state index >= 15 is 0 Å². The fourth-order valence-corrected chi connectivity index (χ4v) is 3.09. The number of benzene rings is 1. The fraction of sp³-hybridized carbons (Fsp3) is 0.625. The quantitative estimate of drug-likeness (QED) is 0.723. The van der Waals surface area contributed by atoms with Crippen LogP contribution in [0.15, 0.2) is 12.1 Å². The molecule has 7 heteroatoms. The highest BCUT2D eigenvalue weighted by Gasteiger charge is 2.21. The molecule has 6 nitrogen and oxygen atoms in total. The normalized spacial score (nSPS) is 17.2. The number of hydrogen-bond donors (Lipinski definition) is 1. The number of ether oxygens (including phenoxy) is 2. The van der Waals surface area contributed by atoms with Gasteiger partial charge in [-0.3, -0.25) is 0 Å². The smallest absolute Gasteiger partial charge is 0.210 e. The first kappa shape index (κ1) is 18.0. The number of methoxy groups -OCH3 is 1. The van der Waals surface area contributed by atoms with Gasteiger partial charge >= 0.3 is 0 Å². The predicted octanol–water partition coefficient (Wildman–Crippen LogP) is 1.39. The van der Waals surface area contributed by atoms with Crippen molar-refractivity contribution in [2.75, 3.05) is 33.5 Å². The summed E-state index contributed by atoms with van der Waals surface area (Å²) in [6.07, 6.45) is 3.10. The van der Waals surface area contributed by atoms with Crippen LogP contribution in [0.2, 0.25) is 0 Å². The zero-order chi connectivity index (χ0) is 17.0. The van der Waals surface area contributed by atoms with Crippen molar-refractivity contribution in [3.05, 3.63) is 23.3 Å². The third kappa shape index (κ3) is 4.83. The van der Waals surface area contributed by atoms with E-state index in [9.17, 15) is 8.42 Å². The van der Waals surface area contributed by atoms with E-state index in [4.69, 9.17) is 9.47 Å². The summed E-state index contributed by atoms with van der Waals surface area (Å²) in [6.45, 7) is 3.96. The Labute approximate surface area is 138 Å². The zero-order valence-corrected chi connectivity index (χ0v) is 15.1. The molecule has 1 N–H and O–H groups in total. The molecule has 0 saturated carbocycles. The highest BCUT2D eigenvalue weighted by Crippen LogP contribution is 2.34. The van der Waals surface area contributed by atoms with Gasteiger partial charge in [0.1, 0.15) is 17.6 Å². The summed E-state index contributed by atoms with van der Waals surface area (Å²) in [7, 11) is 0.171. The van der Waals surface area contributed by atoms with Crippen molar-refractivity contribution in [2.45, 2.75) is 32.4 Å². The molecule has 0 radical (unpaired) electrons. The van der Waals surface area contributed by atoms with Crippen molar-refractivity contribution in [1.29, 1.82) is 0 Å². The Morgan fingerprint density at radius 3 is 2.83 bits per heavy atom. The van der Waals surface area contributed by atoms with Crippen molar-refractivity contribution in [3.8, 4) is 11.5 Å². The van der Waals surface area contributed by atoms with Gasteiger partial charge in [-0.05, 0) is 32.0 Å². The first-order chi connectivity index (χ1) is 10.8. The minimum atomic E-state index is -3.10. The lowest BCUT2D eigenvalue weighted by Crippen LogP contribution is -2.28. The van der Waals surface area contributed by atoms with Gasteiger partial charge in [0.2, 0.25) is 10.0 Å². The van der Waals surface area contributed by atoms with Gasteiger partial charge in [0, 0.05) is 37.7 Å². The molecular formula is C16H26N2O4S. The summed E-state index contributed by atoms with van der Waals surface area (Å²) in [5.41, 5.74) is 2.24. The second kappa shape index (κ2) is 7.51. The van der Waals surface area contributed by atoms with Gasteiger partial charge in [0.05, 0.1) is 13.4 Å². The Bertz CT molecular complexity index is 646. The monoisotopic (exact) mass is 342 g/mol. The summed E-state index contributed by atoms with van der Waals surface area (Å²) in [6, 6.07) is 4.08. The van der Waals surface area contributed by atoms with Crippen molar-refractivity contribution in [3.63, 3.8) is 0 Å². The average Bonchev–Trinajstić information content (AvgIpc) is 2.83. The molecule has 1 aliphatic rings. The standard InChI is InChI=1S/C16H26N2O4S/c1-12-8-13-9-15(21-3)14(10-16(13)22-12)11-17-6-5-7-18(2)23(4,19)20/h9-10,12,17H,5-8,11H2,1-4H3/t12-/m1/s1. The van der Waals surface area contributed by atoms with E-state index in [2.05, 4.69) is 12.2 Å². The first-order valence-corrected chi connectivity index (χ1v) is 9.64. The highest BCUT2D eigenvalue weighted by atomic mass is 32.2. The third-order valence-corrected chi connectivity index (χ3v) is 5.32. The van der Waals surface area contributed by atoms with Crippen LogP contribution >= 0.6 is 0 Å². The molecule has 0 aliphatic carbocycles. The molecule has 0 saturated heterocycles. The first-order valence-electron chi connectivity index (χ1n) is 7.79. The van der Waals surface area contributed by atoms with Crippen molar-refractivity contribution in [2.24, 2.45) is 0 Å². The van der Waals surface area contributed by atoms with Gasteiger partial charge < -0.3 is 14.8 Å². The molecule has 1 atom stereocenters. The molecule has 2 rings (SSSR count). The number of nitrogens with zero attached hydrogens (tertiary/aromatic N) is 1. The molecule has 0 fully saturated rings. The average molecular weight is 342 g/mol. The van der Waals surface area contributed by atoms with E-state index in [1.54, 1.807) is 14.2 Å². The Hall–Kier alpha value is -1.31. The van der Waals surface area contributed by atoms with E-state index in [1.165, 1.54) is 16.1 Å². The highest BCUT2D eigenvalue weighted by molar-refractivity contribution is 7.88. The van der Waals surface area contributed by atoms with E-state index in [0.717, 1.165) is 36.4 Å². The summed E-state index contributed by atoms with van der Waals surface area (Å²) in [4.78, 5) is 0. The summed E-state index contributed by atoms with van der Waals surface area (Å²) in [5.74, 6) is 1.80. The van der Waals surface area contributed by atoms with Gasteiger partial charge in [-0.15, -0.1) is 0 Å². The van der Waals surface area contributed by atoms with Gasteiger partial charge in [-0.2, -0.15) is 0 Å². The maximum absolute atomic E-state index is 11.3. The Kier molecular flexibility index (Phi) is 5.89. The van der Waals surface area contributed by atoms with Gasteiger partial charge in [0.15, 0.2) is 0 Å². The van der Waals surface area contributed by atoms with E-state index in [-0.39, 0.29) is 6.10 Å². The Morgan fingerprint density at radius 2 is 2.17 bits per heavy atom. The van der Waals surface area contributed by atoms with Crippen LogP contribution in [-0.2, 0) is 23.0 Å². The predicted molar refractivity (Wildman–Crippen MR) is 90.6 cm³/mol. The molecule has 0 amide bonds. The van der Waals surface area contributed by atoms with Crippen LogP contribution < -0.4 is 14.8 Å². The number of hydrogen-bond acceptors (Lipinski definition) is 5. The molecule has 1 aliphatic heterocycles. The minimum absolute atomic E-state index is 0.212. The van der Waals surface area contributed by atoms with Crippen molar-refractivity contribution in [1.82, 2.24) is 9.62 Å². The minimum Gasteiger partial charge on any atom is -0.496 e. The van der Waals surface area contributed by atoms with E-state index in [1.807, 2.05) is 12.1 Å². The zero-order valence-electron chi connectivity index (χ0n) is 14.3. The topological polar surface area (TPSA) is 67.9 Å². The summed E-state index contributed by atoms with van der Waals surface area (Å²) >= 11 is 0. The number of sulfonamides is 1. The Balaban J connectivity index is 1.85. The maximum atomic E-state index is 11.3. The Morgan fingerprint density at radius 1 is 1.43 bits per heavy atom.